The highest BCUT2D eigenvalue weighted by atomic mass is 16.8. The van der Waals surface area contributed by atoms with Gasteiger partial charge in [-0.05, 0) is 99.7 Å². The summed E-state index contributed by atoms with van der Waals surface area (Å²) in [5.41, 5.74) is -0.524. The monoisotopic (exact) mass is 1040 g/mol. The Labute approximate surface area is 424 Å². The van der Waals surface area contributed by atoms with Crippen molar-refractivity contribution >= 4 is 11.9 Å². The molecule has 73 heavy (non-hydrogen) atoms. The maximum absolute atomic E-state index is 12.5. The molecular formula is C51H80O22. The summed E-state index contributed by atoms with van der Waals surface area (Å²) in [6.07, 6.45) is -15.2. The smallest absolute Gasteiger partial charge is 0.308 e. The van der Waals surface area contributed by atoms with E-state index in [4.69, 9.17) is 47.7 Å². The van der Waals surface area contributed by atoms with E-state index in [1.54, 1.807) is 0 Å². The number of carboxylic acids is 1. The normalized spacial score (nSPS) is 51.5. The van der Waals surface area contributed by atoms with Gasteiger partial charge in [0, 0.05) is 18.3 Å². The van der Waals surface area contributed by atoms with Gasteiger partial charge in [0.05, 0.1) is 63.2 Å². The molecule has 0 aromatic carbocycles. The van der Waals surface area contributed by atoms with Gasteiger partial charge in [-0.3, -0.25) is 9.59 Å². The molecule has 0 aromatic heterocycles. The molecule has 0 radical (unpaired) electrons. The summed E-state index contributed by atoms with van der Waals surface area (Å²) in [6, 6.07) is 0. The molecular weight excluding hydrogens is 965 g/mol. The van der Waals surface area contributed by atoms with Crippen LogP contribution >= 0.6 is 0 Å². The number of ether oxygens (including phenoxy) is 9. The fourth-order valence-electron chi connectivity index (χ4n) is 15.1. The summed E-state index contributed by atoms with van der Waals surface area (Å²) in [5.74, 6) is -0.908. The van der Waals surface area contributed by atoms with Crippen LogP contribution in [0.25, 0.3) is 0 Å². The number of carboxylic acid groups (broad SMARTS) is 1. The van der Waals surface area contributed by atoms with Crippen molar-refractivity contribution in [3.05, 3.63) is 11.6 Å². The maximum atomic E-state index is 12.5. The van der Waals surface area contributed by atoms with Gasteiger partial charge in [-0.1, -0.05) is 32.4 Å². The number of aliphatic carboxylic acids is 1. The highest BCUT2D eigenvalue weighted by Crippen LogP contribution is 2.71. The minimum Gasteiger partial charge on any atom is -0.481 e. The molecule has 11 N–H and O–H groups in total. The molecule has 4 aliphatic carbocycles. The average Bonchev–Trinajstić information content (AvgIpc) is 3.79. The standard InChI is InChI=1S/C51H80O22/c1-22-35-30(73-51(22)13-8-24(21-66-51)20-65-34(56)17-48(3,64)16-33(54)55)15-29-27-7-6-25-14-26(9-11-49(25,4)28(27)10-12-50(29,35)5)68-47-44(72-45-40(61)38(59)36(57)23(2)67-45)42(63)43(32(19-53)70-47)71-46-41(62)39(60)37(58)31(18-52)69-46/h6,22-24,26-32,35-47,52-53,57-64H,7-21H2,1-5H3,(H,54,55)/t22?,23?,24?,26-,27+,28-,29-,30?,31?,32?,35?,36?,37?,38?,39?,40?,41?,42?,43?,44?,45?,46?,47?,48?,49-,50-,51+/m0/s1. The van der Waals surface area contributed by atoms with Crippen LogP contribution in [0.2, 0.25) is 0 Å². The second-order valence-electron chi connectivity index (χ2n) is 23.8. The molecule has 416 valence electrons. The van der Waals surface area contributed by atoms with Crippen LogP contribution in [-0.4, -0.2) is 210 Å². The third-order valence-corrected chi connectivity index (χ3v) is 19.1. The average molecular weight is 1050 g/mol. The zero-order valence-electron chi connectivity index (χ0n) is 42.4. The number of hydrogen-bond donors (Lipinski definition) is 11. The van der Waals surface area contributed by atoms with Gasteiger partial charge in [0.1, 0.15) is 67.1 Å². The lowest BCUT2D eigenvalue weighted by molar-refractivity contribution is -0.389. The topological polar surface area (TPSA) is 340 Å². The molecule has 3 saturated carbocycles. The van der Waals surface area contributed by atoms with Crippen LogP contribution in [0.15, 0.2) is 11.6 Å². The number of aliphatic hydroxyl groups excluding tert-OH is 9. The molecule has 27 atom stereocenters. The Morgan fingerprint density at radius 1 is 0.753 bits per heavy atom. The second kappa shape index (κ2) is 21.3. The number of rotatable bonds is 14. The molecule has 9 rings (SSSR count). The van der Waals surface area contributed by atoms with Gasteiger partial charge in [0.25, 0.3) is 0 Å². The van der Waals surface area contributed by atoms with Crippen LogP contribution in [0.4, 0.5) is 0 Å². The quantitative estimate of drug-likeness (QED) is 0.0761. The fraction of sp³-hybridized carbons (Fsp3) is 0.922. The van der Waals surface area contributed by atoms with Crippen molar-refractivity contribution < 1.29 is 108 Å². The Morgan fingerprint density at radius 3 is 2.10 bits per heavy atom. The molecule has 5 heterocycles. The lowest BCUT2D eigenvalue weighted by Crippen LogP contribution is -2.67. The molecule has 5 aliphatic heterocycles. The van der Waals surface area contributed by atoms with Crippen molar-refractivity contribution in [3.8, 4) is 0 Å². The summed E-state index contributed by atoms with van der Waals surface area (Å²) < 4.78 is 55.5. The van der Waals surface area contributed by atoms with Crippen LogP contribution in [0.1, 0.15) is 105 Å². The summed E-state index contributed by atoms with van der Waals surface area (Å²) in [6.45, 7) is 8.86. The summed E-state index contributed by atoms with van der Waals surface area (Å²) in [4.78, 5) is 23.5. The Morgan fingerprint density at radius 2 is 1.42 bits per heavy atom. The van der Waals surface area contributed by atoms with E-state index in [1.807, 2.05) is 0 Å². The third-order valence-electron chi connectivity index (χ3n) is 19.1. The molecule has 0 amide bonds. The third kappa shape index (κ3) is 10.3. The molecule has 0 aromatic rings. The van der Waals surface area contributed by atoms with Gasteiger partial charge in [0.15, 0.2) is 24.7 Å². The van der Waals surface area contributed by atoms with E-state index >= 15 is 0 Å². The molecule has 22 nitrogen and oxygen atoms in total. The predicted octanol–water partition coefficient (Wildman–Crippen LogP) is -0.647. The Hall–Kier alpha value is -2.04. The van der Waals surface area contributed by atoms with Crippen molar-refractivity contribution in [1.82, 2.24) is 0 Å². The van der Waals surface area contributed by atoms with E-state index < -0.39 is 148 Å². The zero-order chi connectivity index (χ0) is 52.7. The molecule has 8 fully saturated rings. The Kier molecular flexibility index (Phi) is 16.3. The lowest BCUT2D eigenvalue weighted by Gasteiger charge is -2.59. The van der Waals surface area contributed by atoms with Crippen molar-refractivity contribution in [1.29, 1.82) is 0 Å². The van der Waals surface area contributed by atoms with Crippen LogP contribution in [0, 0.1) is 46.3 Å². The summed E-state index contributed by atoms with van der Waals surface area (Å²) in [7, 11) is 0. The SMILES string of the molecule is CC1OC(OC2C(O[C@H]3CC[C@@]4(C)C(=CC[C@@H]5[C@@H]4CC[C@]4(C)C6C(C[C@@H]54)O[C@]4(CCC(COC(=O)CC(C)(O)CC(=O)O)CO4)C6C)C3)OC(CO)C(OC3OC(CO)C(O)C(O)C3O)C2O)C(O)C(O)C1O. The highest BCUT2D eigenvalue weighted by molar-refractivity contribution is 5.73. The first-order chi connectivity index (χ1) is 34.4. The van der Waals surface area contributed by atoms with Crippen LogP contribution < -0.4 is 0 Å². The van der Waals surface area contributed by atoms with Gasteiger partial charge in [0.2, 0.25) is 0 Å². The number of fused-ring (bicyclic) bond motifs is 7. The number of allylic oxidation sites excluding steroid dienone is 1. The van der Waals surface area contributed by atoms with Crippen molar-refractivity contribution in [2.24, 2.45) is 46.3 Å². The van der Waals surface area contributed by atoms with Gasteiger partial charge in [-0.25, -0.2) is 0 Å². The zero-order valence-corrected chi connectivity index (χ0v) is 42.4. The van der Waals surface area contributed by atoms with Gasteiger partial charge >= 0.3 is 11.9 Å². The van der Waals surface area contributed by atoms with Crippen LogP contribution in [-0.2, 0) is 52.2 Å². The lowest BCUT2D eigenvalue weighted by atomic mass is 9.47. The molecule has 9 aliphatic rings. The first-order valence-corrected chi connectivity index (χ1v) is 26.5. The highest BCUT2D eigenvalue weighted by Gasteiger charge is 2.69. The van der Waals surface area contributed by atoms with Crippen molar-refractivity contribution in [3.63, 3.8) is 0 Å². The largest absolute Gasteiger partial charge is 0.481 e. The van der Waals surface area contributed by atoms with Gasteiger partial charge in [-0.2, -0.15) is 0 Å². The number of carbonyl (C=O) groups is 2. The van der Waals surface area contributed by atoms with Crippen molar-refractivity contribution in [2.75, 3.05) is 26.4 Å². The minimum atomic E-state index is -1.85. The van der Waals surface area contributed by atoms with E-state index in [2.05, 4.69) is 26.8 Å². The second-order valence-corrected chi connectivity index (χ2v) is 23.8. The van der Waals surface area contributed by atoms with E-state index in [-0.39, 0.29) is 35.4 Å². The molecule has 0 bridgehead atoms. The first-order valence-electron chi connectivity index (χ1n) is 26.5. The van der Waals surface area contributed by atoms with Crippen molar-refractivity contribution in [2.45, 2.75) is 221 Å². The number of esters is 1. The Balaban J connectivity index is 0.851. The fourth-order valence-corrected chi connectivity index (χ4v) is 15.1. The summed E-state index contributed by atoms with van der Waals surface area (Å²) in [5, 5.41) is 115. The van der Waals surface area contributed by atoms with E-state index in [1.165, 1.54) is 19.4 Å². The van der Waals surface area contributed by atoms with Gasteiger partial charge in [-0.15, -0.1) is 0 Å². The number of carbonyl (C=O) groups excluding carboxylic acids is 1. The van der Waals surface area contributed by atoms with E-state index in [0.717, 1.165) is 38.5 Å². The molecule has 1 spiro atoms. The minimum absolute atomic E-state index is 0.0305. The summed E-state index contributed by atoms with van der Waals surface area (Å²) >= 11 is 0. The first kappa shape index (κ1) is 55.7. The number of aliphatic hydroxyl groups is 10. The molecule has 22 heteroatoms. The van der Waals surface area contributed by atoms with Crippen LogP contribution in [0.3, 0.4) is 0 Å². The van der Waals surface area contributed by atoms with E-state index in [9.17, 15) is 60.7 Å². The molecule has 20 unspecified atom stereocenters. The Bertz CT molecular complexity index is 1980. The van der Waals surface area contributed by atoms with Crippen LogP contribution in [0.5, 0.6) is 0 Å². The van der Waals surface area contributed by atoms with E-state index in [0.29, 0.717) is 49.5 Å². The number of hydrogen-bond acceptors (Lipinski definition) is 21. The van der Waals surface area contributed by atoms with Gasteiger partial charge < -0.3 is 98.8 Å². The predicted molar refractivity (Wildman–Crippen MR) is 247 cm³/mol. The maximum Gasteiger partial charge on any atom is 0.308 e. The molecule has 5 saturated heterocycles.